The summed E-state index contributed by atoms with van der Waals surface area (Å²) < 4.78 is 26.4. The van der Waals surface area contributed by atoms with E-state index in [-0.39, 0.29) is 6.61 Å². The van der Waals surface area contributed by atoms with Gasteiger partial charge in [-0.25, -0.2) is 12.7 Å². The first kappa shape index (κ1) is 15.9. The fourth-order valence-corrected chi connectivity index (χ4v) is 3.50. The van der Waals surface area contributed by atoms with Gasteiger partial charge in [0, 0.05) is 20.2 Å². The van der Waals surface area contributed by atoms with Crippen LogP contribution in [0.5, 0.6) is 0 Å². The number of sulfonamides is 1. The van der Waals surface area contributed by atoms with Crippen molar-refractivity contribution >= 4 is 20.8 Å². The van der Waals surface area contributed by atoms with Crippen molar-refractivity contribution in [2.75, 3.05) is 20.2 Å². The maximum Gasteiger partial charge on any atom is 0.242 e. The zero-order chi connectivity index (χ0) is 15.3. The number of hydrogen-bond acceptors (Lipinski definition) is 3. The maximum absolute atomic E-state index is 12.5. The highest BCUT2D eigenvalue weighted by Crippen LogP contribution is 2.21. The van der Waals surface area contributed by atoms with Crippen molar-refractivity contribution in [1.82, 2.24) is 4.31 Å². The molecule has 0 aliphatic carbocycles. The van der Waals surface area contributed by atoms with Crippen LogP contribution in [0.1, 0.15) is 19.3 Å². The summed E-state index contributed by atoms with van der Waals surface area (Å²) >= 11 is 0. The normalized spacial score (nSPS) is 12.1. The topological polar surface area (TPSA) is 57.6 Å². The number of aliphatic hydroxyl groups is 1. The van der Waals surface area contributed by atoms with Crippen LogP contribution in [-0.4, -0.2) is 38.0 Å². The van der Waals surface area contributed by atoms with Crippen molar-refractivity contribution in [2.24, 2.45) is 0 Å². The van der Waals surface area contributed by atoms with Crippen molar-refractivity contribution in [3.05, 3.63) is 42.5 Å². The van der Waals surface area contributed by atoms with Crippen molar-refractivity contribution in [2.45, 2.75) is 24.2 Å². The van der Waals surface area contributed by atoms with Crippen LogP contribution >= 0.6 is 0 Å². The molecule has 0 spiro atoms. The van der Waals surface area contributed by atoms with E-state index in [4.69, 9.17) is 5.11 Å². The SMILES string of the molecule is CN(CCCCCO)S(=O)(=O)c1ccc2ccccc2c1. The highest BCUT2D eigenvalue weighted by atomic mass is 32.2. The van der Waals surface area contributed by atoms with Crippen molar-refractivity contribution in [3.63, 3.8) is 0 Å². The molecule has 0 aliphatic heterocycles. The van der Waals surface area contributed by atoms with Gasteiger partial charge in [-0.15, -0.1) is 0 Å². The molecule has 0 unspecified atom stereocenters. The third-order valence-corrected chi connectivity index (χ3v) is 5.41. The maximum atomic E-state index is 12.5. The summed E-state index contributed by atoms with van der Waals surface area (Å²) in [6.07, 6.45) is 2.29. The van der Waals surface area contributed by atoms with E-state index in [1.165, 1.54) is 4.31 Å². The minimum absolute atomic E-state index is 0.154. The lowest BCUT2D eigenvalue weighted by molar-refractivity contribution is 0.281. The van der Waals surface area contributed by atoms with E-state index in [1.54, 1.807) is 19.2 Å². The Balaban J connectivity index is 2.16. The van der Waals surface area contributed by atoms with Gasteiger partial charge in [0.05, 0.1) is 4.90 Å². The molecule has 4 nitrogen and oxygen atoms in total. The highest BCUT2D eigenvalue weighted by Gasteiger charge is 2.20. The molecule has 0 aromatic heterocycles. The molecule has 2 aromatic rings. The van der Waals surface area contributed by atoms with Crippen LogP contribution in [0, 0.1) is 0 Å². The molecule has 0 fully saturated rings. The van der Waals surface area contributed by atoms with Gasteiger partial charge in [-0.05, 0) is 42.2 Å². The number of benzene rings is 2. The van der Waals surface area contributed by atoms with Gasteiger partial charge in [-0.3, -0.25) is 0 Å². The smallest absolute Gasteiger partial charge is 0.242 e. The molecule has 0 bridgehead atoms. The van der Waals surface area contributed by atoms with Gasteiger partial charge < -0.3 is 5.11 Å². The van der Waals surface area contributed by atoms with Gasteiger partial charge in [0.2, 0.25) is 10.0 Å². The monoisotopic (exact) mass is 307 g/mol. The molecular weight excluding hydrogens is 286 g/mol. The van der Waals surface area contributed by atoms with Gasteiger partial charge in [-0.1, -0.05) is 30.3 Å². The third kappa shape index (κ3) is 3.81. The van der Waals surface area contributed by atoms with Crippen LogP contribution in [0.4, 0.5) is 0 Å². The molecule has 114 valence electrons. The number of rotatable bonds is 7. The Morgan fingerprint density at radius 3 is 2.43 bits per heavy atom. The summed E-state index contributed by atoms with van der Waals surface area (Å²) in [5.74, 6) is 0. The Kier molecular flexibility index (Phi) is 5.33. The summed E-state index contributed by atoms with van der Waals surface area (Å²) in [7, 11) is -1.85. The van der Waals surface area contributed by atoms with Crippen molar-refractivity contribution in [3.8, 4) is 0 Å². The Labute approximate surface area is 126 Å². The zero-order valence-corrected chi connectivity index (χ0v) is 13.0. The number of unbranched alkanes of at least 4 members (excludes halogenated alkanes) is 2. The lowest BCUT2D eigenvalue weighted by atomic mass is 10.1. The fraction of sp³-hybridized carbons (Fsp3) is 0.375. The van der Waals surface area contributed by atoms with Crippen molar-refractivity contribution < 1.29 is 13.5 Å². The highest BCUT2D eigenvalue weighted by molar-refractivity contribution is 7.89. The van der Waals surface area contributed by atoms with Crippen LogP contribution in [0.2, 0.25) is 0 Å². The van der Waals surface area contributed by atoms with E-state index >= 15 is 0 Å². The van der Waals surface area contributed by atoms with Gasteiger partial charge in [0.1, 0.15) is 0 Å². The van der Waals surface area contributed by atoms with Gasteiger partial charge in [0.15, 0.2) is 0 Å². The van der Waals surface area contributed by atoms with Gasteiger partial charge >= 0.3 is 0 Å². The third-order valence-electron chi connectivity index (χ3n) is 3.56. The molecule has 0 saturated carbocycles. The van der Waals surface area contributed by atoms with Gasteiger partial charge in [0.25, 0.3) is 0 Å². The van der Waals surface area contributed by atoms with Crippen LogP contribution in [0.25, 0.3) is 10.8 Å². The lowest BCUT2D eigenvalue weighted by Crippen LogP contribution is -2.28. The standard InChI is InChI=1S/C16H21NO3S/c1-17(11-5-2-6-12-18)21(19,20)16-10-9-14-7-3-4-8-15(14)13-16/h3-4,7-10,13,18H,2,5-6,11-12H2,1H3. The Morgan fingerprint density at radius 2 is 1.71 bits per heavy atom. The molecule has 5 heteroatoms. The second kappa shape index (κ2) is 7.02. The van der Waals surface area contributed by atoms with Gasteiger partial charge in [-0.2, -0.15) is 0 Å². The first-order valence-corrected chi connectivity index (χ1v) is 8.56. The lowest BCUT2D eigenvalue weighted by Gasteiger charge is -2.17. The Hall–Kier alpha value is -1.43. The molecule has 0 amide bonds. The summed E-state index contributed by atoms with van der Waals surface area (Å²) in [5, 5.41) is 10.7. The van der Waals surface area contributed by atoms with Crippen LogP contribution in [0.3, 0.4) is 0 Å². The minimum atomic E-state index is -3.45. The molecule has 0 radical (unpaired) electrons. The van der Waals surface area contributed by atoms with Crippen molar-refractivity contribution in [1.29, 1.82) is 0 Å². The van der Waals surface area contributed by atoms with E-state index in [9.17, 15) is 8.42 Å². The summed E-state index contributed by atoms with van der Waals surface area (Å²) in [6.45, 7) is 0.621. The summed E-state index contributed by atoms with van der Waals surface area (Å²) in [4.78, 5) is 0.325. The number of hydrogen-bond donors (Lipinski definition) is 1. The summed E-state index contributed by atoms with van der Waals surface area (Å²) in [6, 6.07) is 12.9. The van der Waals surface area contributed by atoms with E-state index in [0.29, 0.717) is 17.9 Å². The fourth-order valence-electron chi connectivity index (χ4n) is 2.25. The predicted octanol–water partition coefficient (Wildman–Crippen LogP) is 2.62. The summed E-state index contributed by atoms with van der Waals surface area (Å²) in [5.41, 5.74) is 0. The molecule has 2 aromatic carbocycles. The van der Waals surface area contributed by atoms with E-state index in [0.717, 1.165) is 23.6 Å². The van der Waals surface area contributed by atoms with E-state index < -0.39 is 10.0 Å². The largest absolute Gasteiger partial charge is 0.396 e. The molecule has 1 N–H and O–H groups in total. The number of aliphatic hydroxyl groups excluding tert-OH is 1. The second-order valence-electron chi connectivity index (χ2n) is 5.12. The predicted molar refractivity (Wildman–Crippen MR) is 84.7 cm³/mol. The number of nitrogens with zero attached hydrogens (tertiary/aromatic N) is 1. The molecule has 0 aliphatic rings. The first-order chi connectivity index (χ1) is 10.1. The van der Waals surface area contributed by atoms with Crippen LogP contribution in [0.15, 0.2) is 47.4 Å². The molecule has 21 heavy (non-hydrogen) atoms. The zero-order valence-electron chi connectivity index (χ0n) is 12.2. The van der Waals surface area contributed by atoms with E-state index in [1.807, 2.05) is 30.3 Å². The molecule has 2 rings (SSSR count). The Bertz CT molecular complexity index is 697. The first-order valence-electron chi connectivity index (χ1n) is 7.12. The Morgan fingerprint density at radius 1 is 1.00 bits per heavy atom. The average Bonchev–Trinajstić information content (AvgIpc) is 2.50. The molecular formula is C16H21NO3S. The molecule has 0 atom stereocenters. The minimum Gasteiger partial charge on any atom is -0.396 e. The van der Waals surface area contributed by atoms with Crippen LogP contribution in [-0.2, 0) is 10.0 Å². The second-order valence-corrected chi connectivity index (χ2v) is 7.16. The molecule has 0 saturated heterocycles. The number of fused-ring (bicyclic) bond motifs is 1. The molecule has 0 heterocycles. The van der Waals surface area contributed by atoms with Crippen LogP contribution < -0.4 is 0 Å². The van der Waals surface area contributed by atoms with E-state index in [2.05, 4.69) is 0 Å². The quantitative estimate of drug-likeness (QED) is 0.800. The average molecular weight is 307 g/mol.